The van der Waals surface area contributed by atoms with Crippen LogP contribution in [-0.4, -0.2) is 61.8 Å². The number of sulfone groups is 1. The first-order valence-corrected chi connectivity index (χ1v) is 8.58. The molecule has 2 aliphatic rings. The van der Waals surface area contributed by atoms with Crippen LogP contribution in [0.2, 0.25) is 0 Å². The van der Waals surface area contributed by atoms with Crippen molar-refractivity contribution >= 4 is 27.3 Å². The maximum absolute atomic E-state index is 11.8. The highest BCUT2D eigenvalue weighted by Crippen LogP contribution is 2.18. The zero-order chi connectivity index (χ0) is 13.2. The van der Waals surface area contributed by atoms with Crippen LogP contribution in [0.25, 0.3) is 0 Å². The molecule has 2 heterocycles. The third-order valence-corrected chi connectivity index (χ3v) is 5.82. The number of likely N-dealkylation sites (tertiary alicyclic amines) is 1. The minimum atomic E-state index is -3.08. The highest BCUT2D eigenvalue weighted by atomic mass is 35.5. The monoisotopic (exact) mass is 294 g/mol. The van der Waals surface area contributed by atoms with E-state index in [9.17, 15) is 13.2 Å². The predicted molar refractivity (Wildman–Crippen MR) is 70.5 cm³/mol. The predicted octanol–water partition coefficient (Wildman–Crippen LogP) is -0.00710. The second kappa shape index (κ2) is 5.75. The molecule has 2 fully saturated rings. The average Bonchev–Trinajstić information content (AvgIpc) is 2.53. The Labute approximate surface area is 113 Å². The molecule has 18 heavy (non-hydrogen) atoms. The van der Waals surface area contributed by atoms with Gasteiger partial charge in [-0.05, 0) is 25.9 Å². The molecule has 5 nitrogen and oxygen atoms in total. The lowest BCUT2D eigenvalue weighted by atomic mass is 10.1. The van der Waals surface area contributed by atoms with Crippen LogP contribution in [0.3, 0.4) is 0 Å². The number of piperidine rings is 1. The third kappa shape index (κ3) is 3.83. The molecule has 0 spiro atoms. The molecule has 0 unspecified atom stereocenters. The number of carbonyl (C=O) groups is 1. The molecular formula is C11H19ClN2O3S. The van der Waals surface area contributed by atoms with Crippen molar-refractivity contribution < 1.29 is 13.2 Å². The molecule has 0 radical (unpaired) electrons. The van der Waals surface area contributed by atoms with E-state index in [2.05, 4.69) is 10.2 Å². The zero-order valence-electron chi connectivity index (χ0n) is 10.3. The minimum absolute atomic E-state index is 0.0348. The molecule has 0 aromatic rings. The molecule has 0 aliphatic carbocycles. The molecule has 2 saturated heterocycles. The maximum atomic E-state index is 11.8. The maximum Gasteiger partial charge on any atom is 0.234 e. The van der Waals surface area contributed by atoms with E-state index in [4.69, 9.17) is 11.6 Å². The Morgan fingerprint density at radius 3 is 2.44 bits per heavy atom. The van der Waals surface area contributed by atoms with E-state index in [1.165, 1.54) is 6.42 Å². The number of rotatable bonds is 3. The van der Waals surface area contributed by atoms with Crippen molar-refractivity contribution in [3.63, 3.8) is 0 Å². The molecule has 1 N–H and O–H groups in total. The molecule has 7 heteroatoms. The Morgan fingerprint density at radius 2 is 1.89 bits per heavy atom. The zero-order valence-corrected chi connectivity index (χ0v) is 11.8. The summed E-state index contributed by atoms with van der Waals surface area (Å²) in [5.74, 6) is -0.194. The molecular weight excluding hydrogens is 276 g/mol. The first-order chi connectivity index (χ1) is 8.46. The summed E-state index contributed by atoms with van der Waals surface area (Å²) in [5.41, 5.74) is 0. The Kier molecular flexibility index (Phi) is 4.50. The average molecular weight is 295 g/mol. The van der Waals surface area contributed by atoms with Crippen molar-refractivity contribution in [2.75, 3.05) is 31.1 Å². The fourth-order valence-corrected chi connectivity index (χ4v) is 5.06. The minimum Gasteiger partial charge on any atom is -0.350 e. The third-order valence-electron chi connectivity index (χ3n) is 3.45. The van der Waals surface area contributed by atoms with E-state index in [-0.39, 0.29) is 17.4 Å². The Morgan fingerprint density at radius 1 is 1.22 bits per heavy atom. The van der Waals surface area contributed by atoms with Gasteiger partial charge in [0.25, 0.3) is 0 Å². The lowest BCUT2D eigenvalue weighted by molar-refractivity contribution is -0.123. The topological polar surface area (TPSA) is 66.5 Å². The van der Waals surface area contributed by atoms with E-state index in [0.29, 0.717) is 6.54 Å². The normalized spacial score (nSPS) is 32.3. The van der Waals surface area contributed by atoms with E-state index in [1.54, 1.807) is 0 Å². The van der Waals surface area contributed by atoms with E-state index >= 15 is 0 Å². The smallest absolute Gasteiger partial charge is 0.234 e. The SMILES string of the molecule is O=C(CN1CCCCC1)N[C@H]1CS(=O)(=O)C[C@H]1Cl. The van der Waals surface area contributed by atoms with Crippen molar-refractivity contribution in [2.24, 2.45) is 0 Å². The lowest BCUT2D eigenvalue weighted by Gasteiger charge is -2.26. The van der Waals surface area contributed by atoms with Crippen molar-refractivity contribution in [3.05, 3.63) is 0 Å². The quantitative estimate of drug-likeness (QED) is 0.744. The molecule has 1 amide bonds. The molecule has 2 aliphatic heterocycles. The first-order valence-electron chi connectivity index (χ1n) is 6.32. The van der Waals surface area contributed by atoms with Gasteiger partial charge in [0.15, 0.2) is 9.84 Å². The summed E-state index contributed by atoms with van der Waals surface area (Å²) >= 11 is 5.94. The largest absolute Gasteiger partial charge is 0.350 e. The summed E-state index contributed by atoms with van der Waals surface area (Å²) in [6.45, 7) is 2.24. The molecule has 2 atom stereocenters. The number of hydrogen-bond acceptors (Lipinski definition) is 4. The lowest BCUT2D eigenvalue weighted by Crippen LogP contribution is -2.46. The van der Waals surface area contributed by atoms with Gasteiger partial charge in [-0.2, -0.15) is 0 Å². The second-order valence-electron chi connectivity index (χ2n) is 5.10. The van der Waals surface area contributed by atoms with Crippen LogP contribution in [0.1, 0.15) is 19.3 Å². The standard InChI is InChI=1S/C11H19ClN2O3S/c12-9-7-18(16,17)8-10(9)13-11(15)6-14-4-2-1-3-5-14/h9-10H,1-8H2,(H,13,15)/t9-,10+/m1/s1. The van der Waals surface area contributed by atoms with Gasteiger partial charge < -0.3 is 5.32 Å². The number of nitrogens with zero attached hydrogens (tertiary/aromatic N) is 1. The van der Waals surface area contributed by atoms with Crippen LogP contribution in [-0.2, 0) is 14.6 Å². The van der Waals surface area contributed by atoms with Gasteiger partial charge in [0.2, 0.25) is 5.91 Å². The first kappa shape index (κ1) is 14.1. The highest BCUT2D eigenvalue weighted by Gasteiger charge is 2.37. The van der Waals surface area contributed by atoms with Gasteiger partial charge in [-0.15, -0.1) is 11.6 Å². The number of amides is 1. The summed E-state index contributed by atoms with van der Waals surface area (Å²) < 4.78 is 22.8. The molecule has 0 aromatic heterocycles. The van der Waals surface area contributed by atoms with E-state index < -0.39 is 21.3 Å². The summed E-state index contributed by atoms with van der Waals surface area (Å²) in [4.78, 5) is 13.9. The number of hydrogen-bond donors (Lipinski definition) is 1. The fraction of sp³-hybridized carbons (Fsp3) is 0.909. The fourth-order valence-electron chi connectivity index (χ4n) is 2.51. The van der Waals surface area contributed by atoms with E-state index in [0.717, 1.165) is 25.9 Å². The van der Waals surface area contributed by atoms with Crippen LogP contribution in [0, 0.1) is 0 Å². The van der Waals surface area contributed by atoms with Crippen LogP contribution >= 0.6 is 11.6 Å². The van der Waals surface area contributed by atoms with Crippen LogP contribution < -0.4 is 5.32 Å². The van der Waals surface area contributed by atoms with Crippen molar-refractivity contribution in [2.45, 2.75) is 30.7 Å². The molecule has 2 rings (SSSR count). The number of nitrogens with one attached hydrogen (secondary N) is 1. The number of alkyl halides is 1. The van der Waals surface area contributed by atoms with Crippen molar-refractivity contribution in [3.8, 4) is 0 Å². The van der Waals surface area contributed by atoms with Gasteiger partial charge in [0.05, 0.1) is 29.5 Å². The highest BCUT2D eigenvalue weighted by molar-refractivity contribution is 7.91. The number of carbonyl (C=O) groups excluding carboxylic acids is 1. The van der Waals surface area contributed by atoms with Crippen LogP contribution in [0.5, 0.6) is 0 Å². The summed E-state index contributed by atoms with van der Waals surface area (Å²) in [5, 5.41) is 2.24. The van der Waals surface area contributed by atoms with Gasteiger partial charge in [0.1, 0.15) is 0 Å². The van der Waals surface area contributed by atoms with Gasteiger partial charge in [-0.3, -0.25) is 9.69 Å². The van der Waals surface area contributed by atoms with Gasteiger partial charge in [-0.25, -0.2) is 8.42 Å². The molecule has 104 valence electrons. The Balaban J connectivity index is 1.80. The second-order valence-corrected chi connectivity index (χ2v) is 7.82. The summed E-state index contributed by atoms with van der Waals surface area (Å²) in [6, 6.07) is -0.436. The molecule has 0 saturated carbocycles. The van der Waals surface area contributed by atoms with E-state index in [1.807, 2.05) is 0 Å². The van der Waals surface area contributed by atoms with Gasteiger partial charge in [-0.1, -0.05) is 6.42 Å². The van der Waals surface area contributed by atoms with Crippen LogP contribution in [0.15, 0.2) is 0 Å². The summed E-state index contributed by atoms with van der Waals surface area (Å²) in [7, 11) is -3.08. The summed E-state index contributed by atoms with van der Waals surface area (Å²) in [6.07, 6.45) is 3.48. The Hall–Kier alpha value is -0.330. The van der Waals surface area contributed by atoms with Gasteiger partial charge in [0, 0.05) is 0 Å². The van der Waals surface area contributed by atoms with Crippen molar-refractivity contribution in [1.29, 1.82) is 0 Å². The van der Waals surface area contributed by atoms with Gasteiger partial charge >= 0.3 is 0 Å². The molecule has 0 bridgehead atoms. The Bertz CT molecular complexity index is 407. The van der Waals surface area contributed by atoms with Crippen molar-refractivity contribution in [1.82, 2.24) is 10.2 Å². The van der Waals surface area contributed by atoms with Crippen LogP contribution in [0.4, 0.5) is 0 Å². The molecule has 0 aromatic carbocycles. The number of halogens is 1.